The van der Waals surface area contributed by atoms with Crippen molar-refractivity contribution in [3.05, 3.63) is 0 Å². The first-order valence-corrected chi connectivity index (χ1v) is 5.69. The maximum Gasteiger partial charge on any atom is 0.239 e. The molecule has 0 aliphatic heterocycles. The SMILES string of the molecule is CC[C@H](C)[C@H](N)C(=O)N(C)CCCNC. The van der Waals surface area contributed by atoms with Crippen LogP contribution in [0.3, 0.4) is 0 Å². The van der Waals surface area contributed by atoms with Crippen LogP contribution < -0.4 is 11.1 Å². The minimum atomic E-state index is -0.352. The number of nitrogens with two attached hydrogens (primary N) is 1. The summed E-state index contributed by atoms with van der Waals surface area (Å²) in [4.78, 5) is 13.5. The van der Waals surface area contributed by atoms with E-state index in [0.717, 1.165) is 25.9 Å². The van der Waals surface area contributed by atoms with Crippen LogP contribution in [0, 0.1) is 5.92 Å². The van der Waals surface area contributed by atoms with Crippen molar-refractivity contribution in [2.45, 2.75) is 32.7 Å². The van der Waals surface area contributed by atoms with Crippen molar-refractivity contribution in [3.63, 3.8) is 0 Å². The second-order valence-corrected chi connectivity index (χ2v) is 4.13. The summed E-state index contributed by atoms with van der Waals surface area (Å²) in [5.74, 6) is 0.310. The Morgan fingerprint density at radius 2 is 2.13 bits per heavy atom. The minimum Gasteiger partial charge on any atom is -0.344 e. The van der Waals surface area contributed by atoms with Crippen LogP contribution in [-0.4, -0.2) is 44.0 Å². The van der Waals surface area contributed by atoms with Crippen molar-refractivity contribution >= 4 is 5.91 Å². The van der Waals surface area contributed by atoms with E-state index in [2.05, 4.69) is 12.2 Å². The number of carbonyl (C=O) groups is 1. The van der Waals surface area contributed by atoms with Gasteiger partial charge >= 0.3 is 0 Å². The van der Waals surface area contributed by atoms with Crippen LogP contribution in [0.4, 0.5) is 0 Å². The van der Waals surface area contributed by atoms with Gasteiger partial charge in [-0.2, -0.15) is 0 Å². The van der Waals surface area contributed by atoms with Gasteiger partial charge in [-0.25, -0.2) is 0 Å². The highest BCUT2D eigenvalue weighted by atomic mass is 16.2. The zero-order valence-electron chi connectivity index (χ0n) is 10.4. The Bertz CT molecular complexity index is 185. The predicted molar refractivity (Wildman–Crippen MR) is 63.6 cm³/mol. The summed E-state index contributed by atoms with van der Waals surface area (Å²) in [5, 5.41) is 3.06. The van der Waals surface area contributed by atoms with E-state index in [4.69, 9.17) is 5.73 Å². The standard InChI is InChI=1S/C11H25N3O/c1-5-9(2)10(12)11(15)14(4)8-6-7-13-3/h9-10,13H,5-8,12H2,1-4H3/t9-,10-/m0/s1. The van der Waals surface area contributed by atoms with Gasteiger partial charge in [0.2, 0.25) is 5.91 Å². The number of amides is 1. The summed E-state index contributed by atoms with van der Waals surface area (Å²) >= 11 is 0. The molecule has 0 bridgehead atoms. The van der Waals surface area contributed by atoms with E-state index >= 15 is 0 Å². The molecule has 0 saturated carbocycles. The Kier molecular flexibility index (Phi) is 7.34. The first kappa shape index (κ1) is 14.4. The van der Waals surface area contributed by atoms with E-state index in [1.165, 1.54) is 0 Å². The van der Waals surface area contributed by atoms with Gasteiger partial charge in [0.15, 0.2) is 0 Å². The quantitative estimate of drug-likeness (QED) is 0.605. The molecule has 0 aliphatic carbocycles. The zero-order valence-corrected chi connectivity index (χ0v) is 10.4. The van der Waals surface area contributed by atoms with Gasteiger partial charge in [-0.15, -0.1) is 0 Å². The lowest BCUT2D eigenvalue weighted by Crippen LogP contribution is -2.46. The van der Waals surface area contributed by atoms with Crippen LogP contribution in [0.15, 0.2) is 0 Å². The van der Waals surface area contributed by atoms with Crippen molar-refractivity contribution in [1.82, 2.24) is 10.2 Å². The van der Waals surface area contributed by atoms with E-state index in [1.54, 1.807) is 4.90 Å². The van der Waals surface area contributed by atoms with Crippen LogP contribution in [0.1, 0.15) is 26.7 Å². The third kappa shape index (κ3) is 5.14. The molecule has 90 valence electrons. The lowest BCUT2D eigenvalue weighted by molar-refractivity contribution is -0.132. The van der Waals surface area contributed by atoms with Crippen LogP contribution in [0.25, 0.3) is 0 Å². The largest absolute Gasteiger partial charge is 0.344 e. The molecule has 0 fully saturated rings. The number of nitrogens with one attached hydrogen (secondary N) is 1. The maximum atomic E-state index is 11.8. The highest BCUT2D eigenvalue weighted by Gasteiger charge is 2.22. The second kappa shape index (κ2) is 7.65. The fraction of sp³-hybridized carbons (Fsp3) is 0.909. The third-order valence-electron chi connectivity index (χ3n) is 2.84. The first-order chi connectivity index (χ1) is 7.04. The second-order valence-electron chi connectivity index (χ2n) is 4.13. The number of rotatable bonds is 7. The lowest BCUT2D eigenvalue weighted by atomic mass is 9.99. The van der Waals surface area contributed by atoms with E-state index in [-0.39, 0.29) is 17.9 Å². The van der Waals surface area contributed by atoms with Crippen LogP contribution >= 0.6 is 0 Å². The number of hydrogen-bond donors (Lipinski definition) is 2. The molecule has 0 aliphatic rings. The van der Waals surface area contributed by atoms with Crippen LogP contribution in [0.2, 0.25) is 0 Å². The molecule has 4 heteroatoms. The Balaban J connectivity index is 3.96. The van der Waals surface area contributed by atoms with E-state index < -0.39 is 0 Å². The molecular formula is C11H25N3O. The Hall–Kier alpha value is -0.610. The normalized spacial score (nSPS) is 14.7. The van der Waals surface area contributed by atoms with E-state index in [0.29, 0.717) is 0 Å². The molecule has 1 amide bonds. The van der Waals surface area contributed by atoms with E-state index in [1.807, 2.05) is 21.0 Å². The molecule has 0 heterocycles. The van der Waals surface area contributed by atoms with Gasteiger partial charge in [0, 0.05) is 13.6 Å². The van der Waals surface area contributed by atoms with Gasteiger partial charge in [-0.3, -0.25) is 4.79 Å². The molecule has 2 atom stereocenters. The number of likely N-dealkylation sites (N-methyl/N-ethyl adjacent to an activating group) is 1. The van der Waals surface area contributed by atoms with Crippen molar-refractivity contribution in [2.75, 3.05) is 27.2 Å². The molecule has 3 N–H and O–H groups in total. The average Bonchev–Trinajstić information content (AvgIpc) is 2.26. The smallest absolute Gasteiger partial charge is 0.239 e. The summed E-state index contributed by atoms with van der Waals surface area (Å²) < 4.78 is 0. The van der Waals surface area contributed by atoms with Gasteiger partial charge in [0.1, 0.15) is 0 Å². The summed E-state index contributed by atoms with van der Waals surface area (Å²) in [6.45, 7) is 5.77. The number of nitrogens with zero attached hydrogens (tertiary/aromatic N) is 1. The fourth-order valence-electron chi connectivity index (χ4n) is 1.36. The molecule has 4 nitrogen and oxygen atoms in total. The summed E-state index contributed by atoms with van der Waals surface area (Å²) in [6, 6.07) is -0.352. The zero-order chi connectivity index (χ0) is 11.8. The first-order valence-electron chi connectivity index (χ1n) is 5.69. The molecule has 0 aromatic rings. The predicted octanol–water partition coefficient (Wildman–Crippen LogP) is 0.428. The Morgan fingerprint density at radius 1 is 1.53 bits per heavy atom. The van der Waals surface area contributed by atoms with E-state index in [9.17, 15) is 4.79 Å². The molecule has 0 aromatic carbocycles. The van der Waals surface area contributed by atoms with Gasteiger partial charge in [0.05, 0.1) is 6.04 Å². The average molecular weight is 215 g/mol. The van der Waals surface area contributed by atoms with Crippen molar-refractivity contribution in [2.24, 2.45) is 11.7 Å². The highest BCUT2D eigenvalue weighted by Crippen LogP contribution is 2.07. The summed E-state index contributed by atoms with van der Waals surface area (Å²) in [5.41, 5.74) is 5.87. The van der Waals surface area contributed by atoms with Crippen LogP contribution in [-0.2, 0) is 4.79 Å². The monoisotopic (exact) mass is 215 g/mol. The number of hydrogen-bond acceptors (Lipinski definition) is 3. The van der Waals surface area contributed by atoms with Gasteiger partial charge in [-0.05, 0) is 25.9 Å². The fourth-order valence-corrected chi connectivity index (χ4v) is 1.36. The molecular weight excluding hydrogens is 190 g/mol. The topological polar surface area (TPSA) is 58.4 Å². The molecule has 0 rings (SSSR count). The maximum absolute atomic E-state index is 11.8. The van der Waals surface area contributed by atoms with Gasteiger partial charge in [0.25, 0.3) is 0 Å². The molecule has 0 spiro atoms. The van der Waals surface area contributed by atoms with Crippen molar-refractivity contribution < 1.29 is 4.79 Å². The lowest BCUT2D eigenvalue weighted by Gasteiger charge is -2.24. The van der Waals surface area contributed by atoms with Gasteiger partial charge in [-0.1, -0.05) is 20.3 Å². The molecule has 0 unspecified atom stereocenters. The van der Waals surface area contributed by atoms with Gasteiger partial charge < -0.3 is 16.0 Å². The molecule has 0 radical (unpaired) electrons. The minimum absolute atomic E-state index is 0.0560. The summed E-state index contributed by atoms with van der Waals surface area (Å²) in [6.07, 6.45) is 1.91. The summed E-state index contributed by atoms with van der Waals surface area (Å²) in [7, 11) is 3.73. The molecule has 0 aromatic heterocycles. The Labute approximate surface area is 93.2 Å². The number of carbonyl (C=O) groups excluding carboxylic acids is 1. The molecule has 15 heavy (non-hydrogen) atoms. The van der Waals surface area contributed by atoms with Crippen LogP contribution in [0.5, 0.6) is 0 Å². The molecule has 0 saturated heterocycles. The highest BCUT2D eigenvalue weighted by molar-refractivity contribution is 5.81. The van der Waals surface area contributed by atoms with Crippen molar-refractivity contribution in [1.29, 1.82) is 0 Å². The third-order valence-corrected chi connectivity index (χ3v) is 2.84. The van der Waals surface area contributed by atoms with Crippen molar-refractivity contribution in [3.8, 4) is 0 Å². The Morgan fingerprint density at radius 3 is 2.60 bits per heavy atom.